The smallest absolute Gasteiger partial charge is 0.150 e. The molecule has 0 saturated carbocycles. The number of hydrogen-bond donors (Lipinski definition) is 1. The maximum atomic E-state index is 6.32. The number of likely N-dealkylation sites (N-methyl/N-ethyl adjacent to an activating group) is 1. The van der Waals surface area contributed by atoms with Gasteiger partial charge in [-0.25, -0.2) is 4.68 Å². The van der Waals surface area contributed by atoms with Gasteiger partial charge < -0.3 is 10.6 Å². The summed E-state index contributed by atoms with van der Waals surface area (Å²) in [5.41, 5.74) is 8.13. The Balaban J connectivity index is 1.93. The van der Waals surface area contributed by atoms with Crippen LogP contribution < -0.4 is 10.6 Å². The normalized spacial score (nSPS) is 27.4. The van der Waals surface area contributed by atoms with Gasteiger partial charge in [-0.05, 0) is 47.1 Å². The van der Waals surface area contributed by atoms with Gasteiger partial charge in [-0.15, -0.1) is 0 Å². The number of hydrogen-bond acceptors (Lipinski definition) is 4. The molecule has 2 atom stereocenters. The van der Waals surface area contributed by atoms with E-state index in [2.05, 4.69) is 40.5 Å². The molecule has 2 saturated heterocycles. The molecule has 0 amide bonds. The fraction of sp³-hybridized carbons (Fsp3) is 0.800. The fourth-order valence-corrected chi connectivity index (χ4v) is 3.72. The Bertz CT molecular complexity index is 493. The molecule has 1 aromatic heterocycles. The van der Waals surface area contributed by atoms with Crippen molar-refractivity contribution in [2.45, 2.75) is 58.2 Å². The summed E-state index contributed by atoms with van der Waals surface area (Å²) in [6, 6.07) is 1.76. The van der Waals surface area contributed by atoms with Gasteiger partial charge in [-0.1, -0.05) is 0 Å². The maximum absolute atomic E-state index is 6.32. The van der Waals surface area contributed by atoms with Gasteiger partial charge in [-0.2, -0.15) is 5.10 Å². The molecule has 0 aromatic carbocycles. The van der Waals surface area contributed by atoms with Crippen LogP contribution in [0.4, 0.5) is 11.5 Å². The Morgan fingerprint density at radius 1 is 1.20 bits per heavy atom. The molecule has 0 radical (unpaired) electrons. The summed E-state index contributed by atoms with van der Waals surface area (Å²) in [5, 5.41) is 4.63. The summed E-state index contributed by atoms with van der Waals surface area (Å²) in [6.07, 6.45) is 3.90. The third kappa shape index (κ3) is 2.08. The van der Waals surface area contributed by atoms with Crippen molar-refractivity contribution in [1.29, 1.82) is 0 Å². The summed E-state index contributed by atoms with van der Waals surface area (Å²) in [7, 11) is 2.28. The van der Waals surface area contributed by atoms with Gasteiger partial charge >= 0.3 is 0 Å². The number of rotatable bonds is 2. The second-order valence-corrected chi connectivity index (χ2v) is 6.65. The van der Waals surface area contributed by atoms with E-state index < -0.39 is 0 Å². The van der Waals surface area contributed by atoms with Gasteiger partial charge in [0.05, 0.1) is 11.4 Å². The van der Waals surface area contributed by atoms with Gasteiger partial charge in [0.2, 0.25) is 0 Å². The number of nitrogens with zero attached hydrogens (tertiary/aromatic N) is 4. The lowest BCUT2D eigenvalue weighted by molar-refractivity contribution is 0.254. The Labute approximate surface area is 121 Å². The molecule has 5 nitrogen and oxygen atoms in total. The highest BCUT2D eigenvalue weighted by Gasteiger charge is 2.36. The van der Waals surface area contributed by atoms with Crippen molar-refractivity contribution in [2.75, 3.05) is 30.8 Å². The van der Waals surface area contributed by atoms with Gasteiger partial charge in [0.25, 0.3) is 0 Å². The fourth-order valence-electron chi connectivity index (χ4n) is 3.72. The molecule has 2 aliphatic rings. The zero-order valence-electron chi connectivity index (χ0n) is 13.1. The molecular formula is C15H27N5. The van der Waals surface area contributed by atoms with Crippen LogP contribution in [-0.2, 0) is 0 Å². The molecule has 3 rings (SSSR count). The lowest BCUT2D eigenvalue weighted by atomic mass is 10.1. The number of fused-ring (bicyclic) bond motifs is 2. The molecule has 1 aromatic rings. The first-order valence-corrected chi connectivity index (χ1v) is 7.80. The van der Waals surface area contributed by atoms with E-state index in [4.69, 9.17) is 5.73 Å². The Kier molecular flexibility index (Phi) is 3.40. The van der Waals surface area contributed by atoms with E-state index >= 15 is 0 Å². The van der Waals surface area contributed by atoms with Crippen molar-refractivity contribution in [3.63, 3.8) is 0 Å². The zero-order chi connectivity index (χ0) is 14.4. The van der Waals surface area contributed by atoms with Crippen LogP contribution in [0.5, 0.6) is 0 Å². The van der Waals surface area contributed by atoms with Crippen LogP contribution in [0.3, 0.4) is 0 Å². The molecule has 0 spiro atoms. The number of aryl methyl sites for hydroxylation is 1. The van der Waals surface area contributed by atoms with Gasteiger partial charge in [0.1, 0.15) is 0 Å². The zero-order valence-corrected chi connectivity index (χ0v) is 13.1. The van der Waals surface area contributed by atoms with E-state index in [-0.39, 0.29) is 0 Å². The minimum absolute atomic E-state index is 0.346. The summed E-state index contributed by atoms with van der Waals surface area (Å²) in [4.78, 5) is 5.04. The molecule has 2 bridgehead atoms. The monoisotopic (exact) mass is 277 g/mol. The Morgan fingerprint density at radius 2 is 1.90 bits per heavy atom. The predicted molar refractivity (Wildman–Crippen MR) is 83.2 cm³/mol. The molecule has 2 N–H and O–H groups in total. The van der Waals surface area contributed by atoms with E-state index in [0.29, 0.717) is 12.1 Å². The quantitative estimate of drug-likeness (QED) is 0.898. The molecule has 5 heteroatoms. The van der Waals surface area contributed by atoms with Crippen LogP contribution in [0.1, 0.15) is 44.8 Å². The van der Waals surface area contributed by atoms with Crippen molar-refractivity contribution in [1.82, 2.24) is 14.7 Å². The third-order valence-corrected chi connectivity index (χ3v) is 5.04. The second-order valence-electron chi connectivity index (χ2n) is 6.65. The first-order chi connectivity index (χ1) is 9.49. The standard InChI is InChI=1S/C15H27N5/c1-10(2)20-15(14(16)11(3)17-20)19-8-7-12-5-6-13(9-19)18(12)4/h10,12-13H,5-9,16H2,1-4H3. The largest absolute Gasteiger partial charge is 0.394 e. The predicted octanol–water partition coefficient (Wildman–Crippen LogP) is 2.03. The molecule has 20 heavy (non-hydrogen) atoms. The van der Waals surface area contributed by atoms with Crippen molar-refractivity contribution >= 4 is 11.5 Å². The molecule has 2 aliphatic heterocycles. The number of nitrogens with two attached hydrogens (primary N) is 1. The topological polar surface area (TPSA) is 50.3 Å². The van der Waals surface area contributed by atoms with Crippen molar-refractivity contribution < 1.29 is 0 Å². The van der Waals surface area contributed by atoms with Crippen molar-refractivity contribution in [3.8, 4) is 0 Å². The van der Waals surface area contributed by atoms with Gasteiger partial charge in [0.15, 0.2) is 5.82 Å². The van der Waals surface area contributed by atoms with Crippen LogP contribution in [-0.4, -0.2) is 46.9 Å². The van der Waals surface area contributed by atoms with Gasteiger partial charge in [0, 0.05) is 31.2 Å². The Morgan fingerprint density at radius 3 is 2.60 bits per heavy atom. The van der Waals surface area contributed by atoms with Crippen molar-refractivity contribution in [2.24, 2.45) is 0 Å². The second kappa shape index (κ2) is 4.95. The summed E-state index contributed by atoms with van der Waals surface area (Å²) in [5.74, 6) is 1.14. The van der Waals surface area contributed by atoms with Gasteiger partial charge in [-0.3, -0.25) is 4.90 Å². The van der Waals surface area contributed by atoms with E-state index in [9.17, 15) is 0 Å². The molecule has 2 fully saturated rings. The van der Waals surface area contributed by atoms with Crippen LogP contribution in [0.25, 0.3) is 0 Å². The first kappa shape index (κ1) is 13.7. The average molecular weight is 277 g/mol. The molecule has 2 unspecified atom stereocenters. The highest BCUT2D eigenvalue weighted by atomic mass is 15.4. The number of aromatic nitrogens is 2. The summed E-state index contributed by atoms with van der Waals surface area (Å²) < 4.78 is 2.10. The van der Waals surface area contributed by atoms with E-state index in [0.717, 1.165) is 36.3 Å². The summed E-state index contributed by atoms with van der Waals surface area (Å²) in [6.45, 7) is 8.52. The van der Waals surface area contributed by atoms with Crippen LogP contribution >= 0.6 is 0 Å². The minimum atomic E-state index is 0.346. The molecule has 0 aliphatic carbocycles. The van der Waals surface area contributed by atoms with E-state index in [1.54, 1.807) is 0 Å². The van der Waals surface area contributed by atoms with E-state index in [1.807, 2.05) is 6.92 Å². The molecule has 112 valence electrons. The lowest BCUT2D eigenvalue weighted by Crippen LogP contribution is -2.37. The summed E-state index contributed by atoms with van der Waals surface area (Å²) >= 11 is 0. The average Bonchev–Trinajstić information content (AvgIpc) is 2.80. The van der Waals surface area contributed by atoms with Crippen LogP contribution in [0.2, 0.25) is 0 Å². The number of anilines is 2. The first-order valence-electron chi connectivity index (χ1n) is 7.80. The number of nitrogen functional groups attached to an aromatic ring is 1. The van der Waals surface area contributed by atoms with E-state index in [1.165, 1.54) is 19.3 Å². The highest BCUT2D eigenvalue weighted by molar-refractivity contribution is 5.66. The molecular weight excluding hydrogens is 250 g/mol. The third-order valence-electron chi connectivity index (χ3n) is 5.04. The SMILES string of the molecule is Cc1nn(C(C)C)c(N2CCC3CCC(C2)N3C)c1N. The van der Waals surface area contributed by atoms with Crippen LogP contribution in [0, 0.1) is 6.92 Å². The molecule has 3 heterocycles. The lowest BCUT2D eigenvalue weighted by Gasteiger charge is -2.29. The van der Waals surface area contributed by atoms with Crippen LogP contribution in [0.15, 0.2) is 0 Å². The van der Waals surface area contributed by atoms with Crippen molar-refractivity contribution in [3.05, 3.63) is 5.69 Å². The minimum Gasteiger partial charge on any atom is -0.394 e. The highest BCUT2D eigenvalue weighted by Crippen LogP contribution is 2.35. The maximum Gasteiger partial charge on any atom is 0.150 e. The Hall–Kier alpha value is -1.23.